The topological polar surface area (TPSA) is 180 Å². The molecule has 0 radical (unpaired) electrons. The molecule has 1 aromatic carbocycles. The van der Waals surface area contributed by atoms with E-state index in [1.54, 1.807) is 31.2 Å². The van der Waals surface area contributed by atoms with Crippen molar-refractivity contribution in [3.8, 4) is 5.75 Å². The molecular formula is C28H36N5O8P. The van der Waals surface area contributed by atoms with Gasteiger partial charge in [-0.25, -0.2) is 14.1 Å². The number of esters is 1. The molecule has 3 aliphatic rings. The summed E-state index contributed by atoms with van der Waals surface area (Å²) in [6.07, 6.45) is 2.08. The number of nitrogens with two attached hydrogens (primary N) is 1. The van der Waals surface area contributed by atoms with Crippen LogP contribution >= 0.6 is 7.75 Å². The molecule has 3 aromatic rings. The molecule has 0 amide bonds. The number of hydrogen-bond donors (Lipinski definition) is 4. The fourth-order valence-corrected chi connectivity index (χ4v) is 6.82. The molecule has 3 fully saturated rings. The fraction of sp³-hybridized carbons (Fsp3) is 0.536. The molecule has 2 saturated carbocycles. The molecule has 226 valence electrons. The van der Waals surface area contributed by atoms with Crippen molar-refractivity contribution in [2.75, 3.05) is 12.3 Å². The average Bonchev–Trinajstić information content (AvgIpc) is 3.65. The first-order valence-electron chi connectivity index (χ1n) is 14.2. The van der Waals surface area contributed by atoms with Crippen molar-refractivity contribution in [1.82, 2.24) is 19.7 Å². The number of ether oxygens (including phenoxy) is 2. The lowest BCUT2D eigenvalue weighted by molar-refractivity contribution is -0.154. The van der Waals surface area contributed by atoms with E-state index in [-0.39, 0.29) is 17.7 Å². The van der Waals surface area contributed by atoms with Crippen LogP contribution in [0, 0.1) is 0 Å². The predicted molar refractivity (Wildman–Crippen MR) is 151 cm³/mol. The van der Waals surface area contributed by atoms with E-state index in [2.05, 4.69) is 15.2 Å². The van der Waals surface area contributed by atoms with Gasteiger partial charge in [0.05, 0.1) is 12.3 Å². The van der Waals surface area contributed by atoms with Crippen LogP contribution in [0.4, 0.5) is 5.82 Å². The Bertz CT molecular complexity index is 1490. The van der Waals surface area contributed by atoms with Crippen LogP contribution in [0.2, 0.25) is 0 Å². The third-order valence-corrected chi connectivity index (χ3v) is 9.90. The number of fused-ring (bicyclic) bond motifs is 1. The smallest absolute Gasteiger partial charge is 0.459 e. The minimum Gasteiger partial charge on any atom is -0.461 e. The lowest BCUT2D eigenvalue weighted by atomic mass is 9.93. The van der Waals surface area contributed by atoms with Crippen molar-refractivity contribution < 1.29 is 38.1 Å². The zero-order valence-corrected chi connectivity index (χ0v) is 24.4. The Kier molecular flexibility index (Phi) is 7.75. The Hall–Kier alpha value is -3.06. The molecular weight excluding hydrogens is 565 g/mol. The van der Waals surface area contributed by atoms with Crippen LogP contribution in [0.3, 0.4) is 0 Å². The Balaban J connectivity index is 1.19. The molecule has 0 spiro atoms. The standard InChI is InChI=1S/C28H36N5O8P/c1-16(27(36)39-19-4-3-5-19)32-42(37,41-20-10-8-18(9-11-20)17-6-7-17)38-14-22-24(34)25(35)28(2,40-22)23-13-12-21-26(29)30-15-31-33(21)23/h8-13,15-17,19,22,24-25,34-35H,3-7,14H2,1-2H3,(H,32,37)(H2,29,30,31)/t16-,22+,24+,25+,28-,42?/m0/s1. The van der Waals surface area contributed by atoms with Gasteiger partial charge in [-0.2, -0.15) is 10.2 Å². The highest BCUT2D eigenvalue weighted by Crippen LogP contribution is 2.48. The van der Waals surface area contributed by atoms with Gasteiger partial charge in [0.2, 0.25) is 0 Å². The lowest BCUT2D eigenvalue weighted by Gasteiger charge is -2.29. The van der Waals surface area contributed by atoms with E-state index >= 15 is 0 Å². The maximum absolute atomic E-state index is 14.0. The molecule has 2 aliphatic carbocycles. The molecule has 13 nitrogen and oxygen atoms in total. The number of aliphatic hydroxyl groups excluding tert-OH is 2. The molecule has 1 aliphatic heterocycles. The summed E-state index contributed by atoms with van der Waals surface area (Å²) in [5, 5.41) is 28.9. The summed E-state index contributed by atoms with van der Waals surface area (Å²) >= 11 is 0. The second-order valence-corrected chi connectivity index (χ2v) is 13.1. The molecule has 42 heavy (non-hydrogen) atoms. The largest absolute Gasteiger partial charge is 0.461 e. The zero-order chi connectivity index (χ0) is 29.6. The van der Waals surface area contributed by atoms with Gasteiger partial charge >= 0.3 is 13.7 Å². The number of benzene rings is 1. The van der Waals surface area contributed by atoms with Gasteiger partial charge in [-0.1, -0.05) is 12.1 Å². The van der Waals surface area contributed by atoms with E-state index in [4.69, 9.17) is 24.3 Å². The number of carbonyl (C=O) groups excluding carboxylic acids is 1. The van der Waals surface area contributed by atoms with Crippen LogP contribution in [-0.2, 0) is 29.0 Å². The normalized spacial score (nSPS) is 28.2. The quantitative estimate of drug-likeness (QED) is 0.187. The molecule has 5 N–H and O–H groups in total. The molecule has 3 heterocycles. The average molecular weight is 602 g/mol. The number of rotatable bonds is 11. The van der Waals surface area contributed by atoms with E-state index in [1.165, 1.54) is 23.3 Å². The van der Waals surface area contributed by atoms with E-state index in [9.17, 15) is 19.6 Å². The van der Waals surface area contributed by atoms with Gasteiger partial charge in [0.15, 0.2) is 5.82 Å². The van der Waals surface area contributed by atoms with Crippen LogP contribution in [0.1, 0.15) is 63.1 Å². The summed E-state index contributed by atoms with van der Waals surface area (Å²) in [6, 6.07) is 9.59. The number of aromatic nitrogens is 3. The minimum atomic E-state index is -4.22. The maximum Gasteiger partial charge on any atom is 0.459 e. The highest BCUT2D eigenvalue weighted by Gasteiger charge is 2.54. The fourth-order valence-electron chi connectivity index (χ4n) is 5.32. The number of carbonyl (C=O) groups is 1. The van der Waals surface area contributed by atoms with Crippen LogP contribution in [0.5, 0.6) is 5.75 Å². The minimum absolute atomic E-state index is 0.148. The molecule has 1 saturated heterocycles. The van der Waals surface area contributed by atoms with Gasteiger partial charge in [-0.15, -0.1) is 0 Å². The third-order valence-electron chi connectivity index (χ3n) is 8.26. The van der Waals surface area contributed by atoms with Crippen LogP contribution in [0.25, 0.3) is 5.52 Å². The monoisotopic (exact) mass is 601 g/mol. The second kappa shape index (κ2) is 11.2. The highest BCUT2D eigenvalue weighted by atomic mass is 31.2. The molecule has 1 unspecified atom stereocenters. The van der Waals surface area contributed by atoms with E-state index in [0.717, 1.165) is 32.1 Å². The van der Waals surface area contributed by atoms with Crippen LogP contribution in [0.15, 0.2) is 42.7 Å². The molecule has 14 heteroatoms. The number of nitrogen functional groups attached to an aromatic ring is 1. The van der Waals surface area contributed by atoms with Crippen LogP contribution in [-0.4, -0.2) is 67.8 Å². The van der Waals surface area contributed by atoms with Crippen molar-refractivity contribution in [3.05, 3.63) is 54.0 Å². The first-order valence-corrected chi connectivity index (χ1v) is 15.8. The Morgan fingerprint density at radius 3 is 2.62 bits per heavy atom. The van der Waals surface area contributed by atoms with Gasteiger partial charge < -0.3 is 29.9 Å². The highest BCUT2D eigenvalue weighted by molar-refractivity contribution is 7.52. The van der Waals surface area contributed by atoms with Gasteiger partial charge in [0.1, 0.15) is 53.7 Å². The summed E-state index contributed by atoms with van der Waals surface area (Å²) in [7, 11) is -4.22. The van der Waals surface area contributed by atoms with E-state index < -0.39 is 50.3 Å². The summed E-state index contributed by atoms with van der Waals surface area (Å²) < 4.78 is 38.7. The maximum atomic E-state index is 14.0. The summed E-state index contributed by atoms with van der Waals surface area (Å²) in [6.45, 7) is 2.70. The van der Waals surface area contributed by atoms with Crippen molar-refractivity contribution in [1.29, 1.82) is 0 Å². The van der Waals surface area contributed by atoms with E-state index in [0.29, 0.717) is 17.1 Å². The first kappa shape index (κ1) is 29.0. The molecule has 6 rings (SSSR count). The van der Waals surface area contributed by atoms with E-state index in [1.807, 2.05) is 12.1 Å². The van der Waals surface area contributed by atoms with Crippen LogP contribution < -0.4 is 15.3 Å². The first-order chi connectivity index (χ1) is 20.1. The molecule has 6 atom stereocenters. The summed E-state index contributed by atoms with van der Waals surface area (Å²) in [5.41, 5.74) is 6.65. The van der Waals surface area contributed by atoms with Crippen molar-refractivity contribution in [3.63, 3.8) is 0 Å². The zero-order valence-electron chi connectivity index (χ0n) is 23.5. The molecule has 2 aromatic heterocycles. The Morgan fingerprint density at radius 2 is 1.95 bits per heavy atom. The number of hydrogen-bond acceptors (Lipinski definition) is 11. The summed E-state index contributed by atoms with van der Waals surface area (Å²) in [5.74, 6) is 0.484. The van der Waals surface area contributed by atoms with Gasteiger partial charge in [-0.3, -0.25) is 9.32 Å². The van der Waals surface area contributed by atoms with Gasteiger partial charge in [-0.05, 0) is 81.7 Å². The lowest BCUT2D eigenvalue weighted by Crippen LogP contribution is -2.40. The van der Waals surface area contributed by atoms with Gasteiger partial charge in [0, 0.05) is 0 Å². The SMILES string of the molecule is C[C@H](NP(=O)(OC[C@H]1O[C@@](C)(c2ccc3c(N)ncnn23)[C@H](O)[C@@H]1O)Oc1ccc(C2CC2)cc1)C(=O)OC1CCC1. The van der Waals surface area contributed by atoms with Crippen molar-refractivity contribution in [2.24, 2.45) is 0 Å². The Labute approximate surface area is 242 Å². The van der Waals surface area contributed by atoms with Crippen molar-refractivity contribution in [2.45, 2.75) is 87.9 Å². The number of nitrogens with zero attached hydrogens (tertiary/aromatic N) is 3. The summed E-state index contributed by atoms with van der Waals surface area (Å²) in [4.78, 5) is 16.6. The Morgan fingerprint density at radius 1 is 1.21 bits per heavy atom. The molecule has 0 bridgehead atoms. The third kappa shape index (κ3) is 5.64. The van der Waals surface area contributed by atoms with Crippen molar-refractivity contribution >= 4 is 25.1 Å². The number of nitrogens with one attached hydrogen (secondary N) is 1. The number of anilines is 1. The number of aliphatic hydroxyl groups is 2. The van der Waals surface area contributed by atoms with Gasteiger partial charge in [0.25, 0.3) is 0 Å². The second-order valence-electron chi connectivity index (χ2n) is 11.4. The predicted octanol–water partition coefficient (Wildman–Crippen LogP) is 2.80.